The van der Waals surface area contributed by atoms with Crippen molar-refractivity contribution in [1.82, 2.24) is 4.98 Å². The lowest BCUT2D eigenvalue weighted by Gasteiger charge is -2.42. The van der Waals surface area contributed by atoms with Crippen molar-refractivity contribution in [1.29, 1.82) is 5.26 Å². The second-order valence-corrected chi connectivity index (χ2v) is 8.80. The number of fused-ring (bicyclic) bond motifs is 1. The van der Waals surface area contributed by atoms with Gasteiger partial charge in [0.05, 0.1) is 18.8 Å². The summed E-state index contributed by atoms with van der Waals surface area (Å²) in [6, 6.07) is 7.97. The highest BCUT2D eigenvalue weighted by molar-refractivity contribution is 8.13. The molecule has 0 bridgehead atoms. The Balaban J connectivity index is 1.70. The lowest BCUT2D eigenvalue weighted by atomic mass is 9.70. The minimum absolute atomic E-state index is 0.198. The molecule has 0 aliphatic carbocycles. The van der Waals surface area contributed by atoms with Crippen molar-refractivity contribution >= 4 is 28.5 Å². The number of amides is 1. The quantitative estimate of drug-likeness (QED) is 0.782. The molecule has 0 radical (unpaired) electrons. The van der Waals surface area contributed by atoms with Gasteiger partial charge >= 0.3 is 0 Å². The molecule has 9 heteroatoms. The van der Waals surface area contributed by atoms with Crippen molar-refractivity contribution in [2.45, 2.75) is 19.4 Å². The highest BCUT2D eigenvalue weighted by Crippen LogP contribution is 2.53. The van der Waals surface area contributed by atoms with E-state index in [1.165, 1.54) is 30.1 Å². The molecule has 1 saturated heterocycles. The van der Waals surface area contributed by atoms with Crippen molar-refractivity contribution < 1.29 is 13.9 Å². The summed E-state index contributed by atoms with van der Waals surface area (Å²) in [5.74, 6) is -0.215. The van der Waals surface area contributed by atoms with Crippen molar-refractivity contribution in [3.05, 3.63) is 58.7 Å². The van der Waals surface area contributed by atoms with Crippen molar-refractivity contribution in [3.8, 4) is 6.07 Å². The fourth-order valence-electron chi connectivity index (χ4n) is 3.95. The molecule has 2 aliphatic rings. The molecule has 1 fully saturated rings. The SMILES string of the molecule is Cc1cc(C#N)cnc1C(=O)Nc1ccc(F)c(C23COCC2(C)CSC(N)=N3)c1. The van der Waals surface area contributed by atoms with Crippen LogP contribution in [0.1, 0.15) is 34.1 Å². The molecule has 2 unspecified atom stereocenters. The Hall–Kier alpha value is -2.96. The van der Waals surface area contributed by atoms with E-state index >= 15 is 0 Å². The molecule has 7 nitrogen and oxygen atoms in total. The number of ether oxygens (including phenoxy) is 1. The number of hydrogen-bond acceptors (Lipinski definition) is 7. The number of rotatable bonds is 3. The van der Waals surface area contributed by atoms with Crippen molar-refractivity contribution in [2.24, 2.45) is 16.1 Å². The molecule has 0 saturated carbocycles. The van der Waals surface area contributed by atoms with Gasteiger partial charge in [-0.15, -0.1) is 0 Å². The number of nitrogens with zero attached hydrogens (tertiary/aromatic N) is 3. The maximum Gasteiger partial charge on any atom is 0.274 e. The number of hydrogen-bond donors (Lipinski definition) is 2. The van der Waals surface area contributed by atoms with E-state index in [0.717, 1.165) is 0 Å². The van der Waals surface area contributed by atoms with Crippen LogP contribution in [-0.4, -0.2) is 35.0 Å². The zero-order valence-corrected chi connectivity index (χ0v) is 17.3. The van der Waals surface area contributed by atoms with E-state index in [4.69, 9.17) is 15.7 Å². The lowest BCUT2D eigenvalue weighted by molar-refractivity contribution is 0.102. The average Bonchev–Trinajstić information content (AvgIpc) is 3.06. The number of anilines is 1. The van der Waals surface area contributed by atoms with Crippen LogP contribution in [0.3, 0.4) is 0 Å². The first kappa shape index (κ1) is 20.3. The van der Waals surface area contributed by atoms with Gasteiger partial charge in [-0.25, -0.2) is 14.4 Å². The normalized spacial score (nSPS) is 25.2. The minimum atomic E-state index is -0.949. The number of carbonyl (C=O) groups is 1. The molecular formula is C21H20FN5O2S. The standard InChI is InChI=1S/C21H20FN5O2S/c1-12-5-13(7-23)8-25-17(12)18(28)26-14-3-4-16(22)15(6-14)21-10-29-9-20(21,2)11-30-19(24)27-21/h3-6,8H,9-11H2,1-2H3,(H2,24,27)(H,26,28). The molecule has 1 aromatic heterocycles. The van der Waals surface area contributed by atoms with Gasteiger partial charge < -0.3 is 15.8 Å². The first-order valence-electron chi connectivity index (χ1n) is 9.32. The van der Waals surface area contributed by atoms with Gasteiger partial charge in [0.1, 0.15) is 23.1 Å². The zero-order chi connectivity index (χ0) is 21.5. The highest BCUT2D eigenvalue weighted by atomic mass is 32.2. The molecule has 2 aromatic rings. The van der Waals surface area contributed by atoms with Gasteiger partial charge in [-0.2, -0.15) is 5.26 Å². The van der Waals surface area contributed by atoms with Gasteiger partial charge in [-0.3, -0.25) is 4.79 Å². The number of nitrogens with two attached hydrogens (primary N) is 1. The summed E-state index contributed by atoms with van der Waals surface area (Å²) in [4.78, 5) is 21.4. The number of aromatic nitrogens is 1. The Morgan fingerprint density at radius 3 is 2.93 bits per heavy atom. The fourth-order valence-corrected chi connectivity index (χ4v) is 4.96. The first-order chi connectivity index (χ1) is 14.3. The Kier molecular flexibility index (Phi) is 5.00. The summed E-state index contributed by atoms with van der Waals surface area (Å²) < 4.78 is 20.7. The Labute approximate surface area is 177 Å². The molecule has 2 aliphatic heterocycles. The van der Waals surface area contributed by atoms with Crippen molar-refractivity contribution in [3.63, 3.8) is 0 Å². The average molecular weight is 425 g/mol. The van der Waals surface area contributed by atoms with Crippen LogP contribution < -0.4 is 11.1 Å². The highest BCUT2D eigenvalue weighted by Gasteiger charge is 2.57. The fraction of sp³-hybridized carbons (Fsp3) is 0.333. The van der Waals surface area contributed by atoms with Gasteiger partial charge in [0.15, 0.2) is 5.17 Å². The zero-order valence-electron chi connectivity index (χ0n) is 16.5. The van der Waals surface area contributed by atoms with E-state index in [1.54, 1.807) is 19.1 Å². The Bertz CT molecular complexity index is 1120. The van der Waals surface area contributed by atoms with Crippen LogP contribution >= 0.6 is 11.8 Å². The van der Waals surface area contributed by atoms with E-state index in [0.29, 0.717) is 39.9 Å². The third-order valence-corrected chi connectivity index (χ3v) is 6.83. The number of nitrogens with one attached hydrogen (secondary N) is 1. The van der Waals surface area contributed by atoms with Gasteiger partial charge in [-0.1, -0.05) is 18.7 Å². The van der Waals surface area contributed by atoms with Gasteiger partial charge in [0.25, 0.3) is 5.91 Å². The maximum atomic E-state index is 15.0. The number of benzene rings is 1. The number of amidine groups is 1. The summed E-state index contributed by atoms with van der Waals surface area (Å²) >= 11 is 1.43. The largest absolute Gasteiger partial charge is 0.379 e. The second kappa shape index (κ2) is 7.38. The molecule has 3 N–H and O–H groups in total. The van der Waals surface area contributed by atoms with Crippen LogP contribution in [0.2, 0.25) is 0 Å². The van der Waals surface area contributed by atoms with Crippen LogP contribution in [0.25, 0.3) is 0 Å². The number of aliphatic imine (C=N–C) groups is 1. The van der Waals surface area contributed by atoms with Crippen LogP contribution in [0, 0.1) is 29.5 Å². The number of carbonyl (C=O) groups excluding carboxylic acids is 1. The predicted molar refractivity (Wildman–Crippen MR) is 113 cm³/mol. The molecule has 1 amide bonds. The summed E-state index contributed by atoms with van der Waals surface area (Å²) in [5, 5.41) is 12.1. The third-order valence-electron chi connectivity index (χ3n) is 5.66. The Morgan fingerprint density at radius 2 is 2.20 bits per heavy atom. The molecular weight excluding hydrogens is 405 g/mol. The number of nitriles is 1. The van der Waals surface area contributed by atoms with Crippen LogP contribution in [0.5, 0.6) is 0 Å². The summed E-state index contributed by atoms with van der Waals surface area (Å²) in [5.41, 5.74) is 6.52. The predicted octanol–water partition coefficient (Wildman–Crippen LogP) is 2.95. The summed E-state index contributed by atoms with van der Waals surface area (Å²) in [6.07, 6.45) is 1.34. The van der Waals surface area contributed by atoms with E-state index < -0.39 is 22.7 Å². The smallest absolute Gasteiger partial charge is 0.274 e. The van der Waals surface area contributed by atoms with Crippen LogP contribution in [-0.2, 0) is 10.3 Å². The van der Waals surface area contributed by atoms with E-state index in [9.17, 15) is 9.18 Å². The summed E-state index contributed by atoms with van der Waals surface area (Å²) in [7, 11) is 0. The molecule has 1 aromatic carbocycles. The number of pyridine rings is 1. The van der Waals surface area contributed by atoms with Gasteiger partial charge in [0, 0.05) is 28.6 Å². The third kappa shape index (κ3) is 3.22. The molecule has 3 heterocycles. The van der Waals surface area contributed by atoms with Gasteiger partial charge in [0.2, 0.25) is 0 Å². The first-order valence-corrected chi connectivity index (χ1v) is 10.3. The van der Waals surface area contributed by atoms with Gasteiger partial charge in [-0.05, 0) is 36.8 Å². The second-order valence-electron chi connectivity index (χ2n) is 7.80. The molecule has 4 rings (SSSR count). The molecule has 154 valence electrons. The number of thioether (sulfide) groups is 1. The molecule has 2 atom stereocenters. The Morgan fingerprint density at radius 1 is 1.40 bits per heavy atom. The minimum Gasteiger partial charge on any atom is -0.379 e. The molecule has 0 spiro atoms. The monoisotopic (exact) mass is 425 g/mol. The van der Waals surface area contributed by atoms with E-state index in [-0.39, 0.29) is 12.3 Å². The summed E-state index contributed by atoms with van der Waals surface area (Å²) in [6.45, 7) is 4.38. The van der Waals surface area contributed by atoms with Crippen LogP contribution in [0.15, 0.2) is 35.5 Å². The lowest BCUT2D eigenvalue weighted by Crippen LogP contribution is -2.48. The van der Waals surface area contributed by atoms with Crippen molar-refractivity contribution in [2.75, 3.05) is 24.3 Å². The molecule has 30 heavy (non-hydrogen) atoms. The van der Waals surface area contributed by atoms with E-state index in [2.05, 4.69) is 15.3 Å². The topological polar surface area (TPSA) is 113 Å². The number of aryl methyl sites for hydroxylation is 1. The maximum absolute atomic E-state index is 15.0. The van der Waals surface area contributed by atoms with E-state index in [1.807, 2.05) is 13.0 Å². The van der Waals surface area contributed by atoms with Crippen LogP contribution in [0.4, 0.5) is 10.1 Å². The number of halogens is 1.